The van der Waals surface area contributed by atoms with Gasteiger partial charge in [-0.1, -0.05) is 6.07 Å². The van der Waals surface area contributed by atoms with Crippen LogP contribution in [0.1, 0.15) is 16.1 Å². The third-order valence-electron chi connectivity index (χ3n) is 2.72. The Morgan fingerprint density at radius 3 is 2.50 bits per heavy atom. The van der Waals surface area contributed by atoms with Crippen LogP contribution in [0.2, 0.25) is 0 Å². The summed E-state index contributed by atoms with van der Waals surface area (Å²) in [4.78, 5) is 11.9. The summed E-state index contributed by atoms with van der Waals surface area (Å²) in [6.07, 6.45) is 1.51. The molecular weight excluding hydrogens is 390 g/mol. The van der Waals surface area contributed by atoms with Gasteiger partial charge in [-0.15, -0.1) is 0 Å². The van der Waals surface area contributed by atoms with Crippen molar-refractivity contribution >= 4 is 43.5 Å². The number of para-hydroxylation sites is 1. The van der Waals surface area contributed by atoms with E-state index in [2.05, 4.69) is 31.9 Å². The maximum atomic E-state index is 11.9. The molecule has 0 saturated carbocycles. The Kier molecular flexibility index (Phi) is 4.16. The summed E-state index contributed by atoms with van der Waals surface area (Å²) in [5.74, 6) is -0.605. The van der Waals surface area contributed by atoms with Gasteiger partial charge in [0.1, 0.15) is 6.07 Å². The first-order chi connectivity index (χ1) is 9.51. The van der Waals surface area contributed by atoms with Crippen molar-refractivity contribution in [2.24, 2.45) is 0 Å². The van der Waals surface area contributed by atoms with E-state index in [0.717, 1.165) is 8.95 Å². The van der Waals surface area contributed by atoms with E-state index >= 15 is 0 Å². The maximum Gasteiger partial charge on any atom is 0.357 e. The minimum atomic E-state index is -0.605. The van der Waals surface area contributed by atoms with Crippen molar-refractivity contribution < 1.29 is 9.53 Å². The van der Waals surface area contributed by atoms with Gasteiger partial charge in [0.2, 0.25) is 0 Å². The first-order valence-electron chi connectivity index (χ1n) is 5.44. The number of anilines is 1. The molecule has 0 bridgehead atoms. The normalized spacial score (nSPS) is 10.1. The van der Waals surface area contributed by atoms with Crippen LogP contribution in [0.4, 0.5) is 5.69 Å². The molecule has 0 fully saturated rings. The van der Waals surface area contributed by atoms with E-state index in [-0.39, 0.29) is 16.9 Å². The van der Waals surface area contributed by atoms with Crippen molar-refractivity contribution in [3.05, 3.63) is 44.6 Å². The summed E-state index contributed by atoms with van der Waals surface area (Å²) in [6, 6.07) is 7.45. The summed E-state index contributed by atoms with van der Waals surface area (Å²) in [7, 11) is 1.26. The first kappa shape index (κ1) is 14.6. The van der Waals surface area contributed by atoms with Gasteiger partial charge < -0.3 is 15.0 Å². The van der Waals surface area contributed by atoms with Crippen molar-refractivity contribution in [2.75, 3.05) is 12.8 Å². The number of esters is 1. The highest BCUT2D eigenvalue weighted by Crippen LogP contribution is 2.33. The van der Waals surface area contributed by atoms with Crippen molar-refractivity contribution in [1.29, 1.82) is 5.26 Å². The summed E-state index contributed by atoms with van der Waals surface area (Å²) in [5.41, 5.74) is 6.96. The largest absolute Gasteiger partial charge is 0.464 e. The zero-order chi connectivity index (χ0) is 14.9. The van der Waals surface area contributed by atoms with Gasteiger partial charge in [-0.3, -0.25) is 0 Å². The Labute approximate surface area is 132 Å². The number of rotatable bonds is 2. The number of halogens is 2. The molecule has 0 aliphatic rings. The lowest BCUT2D eigenvalue weighted by Crippen LogP contribution is -2.11. The molecule has 0 aliphatic carbocycles. The Morgan fingerprint density at radius 1 is 1.40 bits per heavy atom. The lowest BCUT2D eigenvalue weighted by atomic mass is 10.2. The van der Waals surface area contributed by atoms with E-state index in [1.54, 1.807) is 0 Å². The molecule has 0 radical (unpaired) electrons. The molecule has 0 atom stereocenters. The third-order valence-corrected chi connectivity index (χ3v) is 4.00. The highest BCUT2D eigenvalue weighted by atomic mass is 79.9. The van der Waals surface area contributed by atoms with Gasteiger partial charge in [0.05, 0.1) is 24.0 Å². The maximum absolute atomic E-state index is 11.9. The number of methoxy groups -OCH3 is 1. The minimum absolute atomic E-state index is 0.0991. The average Bonchev–Trinajstić information content (AvgIpc) is 2.74. The molecule has 0 unspecified atom stereocenters. The lowest BCUT2D eigenvalue weighted by Gasteiger charge is -2.12. The van der Waals surface area contributed by atoms with E-state index in [9.17, 15) is 4.79 Å². The number of hydrogen-bond donors (Lipinski definition) is 1. The van der Waals surface area contributed by atoms with Gasteiger partial charge in [0.25, 0.3) is 0 Å². The molecule has 7 heteroatoms. The smallest absolute Gasteiger partial charge is 0.357 e. The molecule has 20 heavy (non-hydrogen) atoms. The summed E-state index contributed by atoms with van der Waals surface area (Å²) in [5, 5.41) is 9.08. The molecule has 0 aliphatic heterocycles. The van der Waals surface area contributed by atoms with Crippen molar-refractivity contribution in [3.63, 3.8) is 0 Å². The van der Waals surface area contributed by atoms with Crippen molar-refractivity contribution in [2.45, 2.75) is 0 Å². The zero-order valence-electron chi connectivity index (χ0n) is 10.4. The van der Waals surface area contributed by atoms with Gasteiger partial charge >= 0.3 is 5.97 Å². The molecule has 2 aromatic rings. The average molecular weight is 399 g/mol. The topological polar surface area (TPSA) is 81.0 Å². The lowest BCUT2D eigenvalue weighted by molar-refractivity contribution is 0.0593. The number of carbonyl (C=O) groups excluding carboxylic acids is 1. The fraction of sp³-hybridized carbons (Fsp3) is 0.0769. The van der Waals surface area contributed by atoms with Gasteiger partial charge in [-0.2, -0.15) is 5.26 Å². The molecule has 1 aromatic carbocycles. The van der Waals surface area contributed by atoms with Crippen LogP contribution in [0.5, 0.6) is 0 Å². The van der Waals surface area contributed by atoms with E-state index in [0.29, 0.717) is 5.69 Å². The van der Waals surface area contributed by atoms with E-state index < -0.39 is 5.97 Å². The van der Waals surface area contributed by atoms with Gasteiger partial charge in [-0.25, -0.2) is 4.79 Å². The van der Waals surface area contributed by atoms with Crippen LogP contribution in [0.3, 0.4) is 0 Å². The SMILES string of the molecule is COC(=O)c1c(N)c(C#N)cn1-c1c(Br)cccc1Br. The number of nitrogens with zero attached hydrogens (tertiary/aromatic N) is 2. The predicted molar refractivity (Wildman–Crippen MR) is 81.6 cm³/mol. The molecular formula is C13H9Br2N3O2. The van der Waals surface area contributed by atoms with Crippen LogP contribution in [0, 0.1) is 11.3 Å². The Balaban J connectivity index is 2.81. The molecule has 0 amide bonds. The minimum Gasteiger partial charge on any atom is -0.464 e. The molecule has 2 N–H and O–H groups in total. The summed E-state index contributed by atoms with van der Waals surface area (Å²) >= 11 is 6.84. The fourth-order valence-electron chi connectivity index (χ4n) is 1.81. The molecule has 0 spiro atoms. The Hall–Kier alpha value is -1.78. The predicted octanol–water partition coefficient (Wildman–Crippen LogP) is 3.24. The standard InChI is InChI=1S/C13H9Br2N3O2/c1-20-13(19)12-10(17)7(5-16)6-18(12)11-8(14)3-2-4-9(11)15/h2-4,6H,17H2,1H3. The molecule has 5 nitrogen and oxygen atoms in total. The summed E-state index contributed by atoms with van der Waals surface area (Å²) in [6.45, 7) is 0. The second-order valence-corrected chi connectivity index (χ2v) is 5.56. The number of nitriles is 1. The van der Waals surface area contributed by atoms with Crippen molar-refractivity contribution in [3.8, 4) is 11.8 Å². The second kappa shape index (κ2) is 5.69. The van der Waals surface area contributed by atoms with Crippen LogP contribution in [-0.4, -0.2) is 17.6 Å². The second-order valence-electron chi connectivity index (χ2n) is 3.85. The highest BCUT2D eigenvalue weighted by molar-refractivity contribution is 9.11. The van der Waals surface area contributed by atoms with E-state index in [1.165, 1.54) is 17.9 Å². The Morgan fingerprint density at radius 2 is 2.00 bits per heavy atom. The Bertz CT molecular complexity index is 712. The zero-order valence-corrected chi connectivity index (χ0v) is 13.5. The van der Waals surface area contributed by atoms with E-state index in [1.807, 2.05) is 24.3 Å². The van der Waals surface area contributed by atoms with Crippen LogP contribution in [-0.2, 0) is 4.74 Å². The van der Waals surface area contributed by atoms with Gasteiger partial charge in [0, 0.05) is 15.1 Å². The van der Waals surface area contributed by atoms with Crippen LogP contribution in [0.25, 0.3) is 5.69 Å². The first-order valence-corrected chi connectivity index (χ1v) is 7.03. The molecule has 2 rings (SSSR count). The van der Waals surface area contributed by atoms with Gasteiger partial charge in [0.15, 0.2) is 5.69 Å². The monoisotopic (exact) mass is 397 g/mol. The molecule has 1 aromatic heterocycles. The summed E-state index contributed by atoms with van der Waals surface area (Å²) < 4.78 is 7.77. The molecule has 1 heterocycles. The quantitative estimate of drug-likeness (QED) is 0.787. The number of nitrogen functional groups attached to an aromatic ring is 1. The number of hydrogen-bond acceptors (Lipinski definition) is 4. The number of ether oxygens (including phenoxy) is 1. The third kappa shape index (κ3) is 2.32. The molecule has 102 valence electrons. The van der Waals surface area contributed by atoms with Crippen LogP contribution in [0.15, 0.2) is 33.3 Å². The number of benzene rings is 1. The van der Waals surface area contributed by atoms with E-state index in [4.69, 9.17) is 15.7 Å². The van der Waals surface area contributed by atoms with Crippen LogP contribution >= 0.6 is 31.9 Å². The molecule has 0 saturated heterocycles. The highest BCUT2D eigenvalue weighted by Gasteiger charge is 2.23. The number of carbonyl (C=O) groups is 1. The number of nitrogens with two attached hydrogens (primary N) is 1. The fourth-order valence-corrected chi connectivity index (χ4v) is 3.19. The van der Waals surface area contributed by atoms with Gasteiger partial charge in [-0.05, 0) is 44.0 Å². The number of aromatic nitrogens is 1. The van der Waals surface area contributed by atoms with Crippen molar-refractivity contribution in [1.82, 2.24) is 4.57 Å². The van der Waals surface area contributed by atoms with Crippen LogP contribution < -0.4 is 5.73 Å².